The number of hydrogen-bond acceptors (Lipinski definition) is 2. The Morgan fingerprint density at radius 3 is 2.75 bits per heavy atom. The van der Waals surface area contributed by atoms with Crippen molar-refractivity contribution < 1.29 is 14.7 Å². The molecule has 2 N–H and O–H groups in total. The molecule has 1 saturated carbocycles. The molecule has 0 aliphatic heterocycles. The van der Waals surface area contributed by atoms with Gasteiger partial charge < -0.3 is 10.4 Å². The molecule has 0 atom stereocenters. The Labute approximate surface area is 122 Å². The molecule has 0 heterocycles. The van der Waals surface area contributed by atoms with Crippen molar-refractivity contribution in [2.45, 2.75) is 19.3 Å². The van der Waals surface area contributed by atoms with Crippen molar-refractivity contribution in [1.29, 1.82) is 0 Å². The fourth-order valence-corrected chi connectivity index (χ4v) is 2.11. The van der Waals surface area contributed by atoms with Crippen LogP contribution >= 0.6 is 11.6 Å². The molecule has 1 aromatic carbocycles. The Hall–Kier alpha value is -1.81. The number of carbonyl (C=O) groups is 2. The Kier molecular flexibility index (Phi) is 4.79. The first kappa shape index (κ1) is 14.6. The number of hydrogen-bond donors (Lipinski definition) is 2. The van der Waals surface area contributed by atoms with Crippen LogP contribution in [0.3, 0.4) is 0 Å². The van der Waals surface area contributed by atoms with Crippen molar-refractivity contribution in [1.82, 2.24) is 5.32 Å². The van der Waals surface area contributed by atoms with Gasteiger partial charge >= 0.3 is 5.97 Å². The van der Waals surface area contributed by atoms with E-state index in [1.54, 1.807) is 18.2 Å². The van der Waals surface area contributed by atoms with Gasteiger partial charge in [0.1, 0.15) is 0 Å². The summed E-state index contributed by atoms with van der Waals surface area (Å²) in [5.41, 5.74) is 1.06. The molecule has 20 heavy (non-hydrogen) atoms. The molecule has 1 fully saturated rings. The van der Waals surface area contributed by atoms with Gasteiger partial charge in [-0.05, 0) is 36.1 Å². The number of carbonyl (C=O) groups excluding carboxylic acids is 1. The van der Waals surface area contributed by atoms with E-state index in [2.05, 4.69) is 5.32 Å². The summed E-state index contributed by atoms with van der Waals surface area (Å²) in [5, 5.41) is 11.8. The van der Waals surface area contributed by atoms with E-state index in [9.17, 15) is 9.59 Å². The lowest BCUT2D eigenvalue weighted by Gasteiger charge is -2.06. The first-order valence-electron chi connectivity index (χ1n) is 6.55. The minimum Gasteiger partial charge on any atom is -0.478 e. The van der Waals surface area contributed by atoms with E-state index in [1.807, 2.05) is 0 Å². The molecule has 1 aliphatic carbocycles. The maximum Gasteiger partial charge on any atom is 0.328 e. The summed E-state index contributed by atoms with van der Waals surface area (Å²) in [6.45, 7) is 0.682. The third kappa shape index (κ3) is 4.38. The molecule has 0 radical (unpaired) electrons. The normalized spacial score (nSPS) is 14.4. The topological polar surface area (TPSA) is 66.4 Å². The number of carboxylic acid groups (broad SMARTS) is 1. The van der Waals surface area contributed by atoms with Crippen molar-refractivity contribution in [3.8, 4) is 0 Å². The molecule has 106 valence electrons. The fraction of sp³-hybridized carbons (Fsp3) is 0.333. The molecule has 2 rings (SSSR count). The van der Waals surface area contributed by atoms with E-state index >= 15 is 0 Å². The van der Waals surface area contributed by atoms with Crippen molar-refractivity contribution in [3.63, 3.8) is 0 Å². The van der Waals surface area contributed by atoms with Crippen LogP contribution < -0.4 is 5.32 Å². The first-order valence-corrected chi connectivity index (χ1v) is 6.93. The maximum atomic E-state index is 11.9. The summed E-state index contributed by atoms with van der Waals surface area (Å²) >= 11 is 6.03. The molecular weight excluding hydrogens is 278 g/mol. The summed E-state index contributed by atoms with van der Waals surface area (Å²) < 4.78 is 0. The van der Waals surface area contributed by atoms with Gasteiger partial charge in [0.2, 0.25) is 0 Å². The van der Waals surface area contributed by atoms with E-state index in [-0.39, 0.29) is 5.91 Å². The summed E-state index contributed by atoms with van der Waals surface area (Å²) in [5.74, 6) is -0.410. The average Bonchev–Trinajstić information content (AvgIpc) is 3.21. The quantitative estimate of drug-likeness (QED) is 0.793. The van der Waals surface area contributed by atoms with Gasteiger partial charge in [0, 0.05) is 23.2 Å². The van der Waals surface area contributed by atoms with Crippen LogP contribution in [-0.4, -0.2) is 23.5 Å². The zero-order valence-corrected chi connectivity index (χ0v) is 11.7. The van der Waals surface area contributed by atoms with Crippen molar-refractivity contribution in [2.75, 3.05) is 6.54 Å². The zero-order valence-electron chi connectivity index (χ0n) is 10.9. The monoisotopic (exact) mass is 293 g/mol. The van der Waals surface area contributed by atoms with Gasteiger partial charge in [0.15, 0.2) is 0 Å². The van der Waals surface area contributed by atoms with E-state index in [0.29, 0.717) is 22.7 Å². The second-order valence-electron chi connectivity index (χ2n) is 4.90. The van der Waals surface area contributed by atoms with Crippen molar-refractivity contribution in [3.05, 3.63) is 40.4 Å². The highest BCUT2D eigenvalue weighted by molar-refractivity contribution is 6.32. The largest absolute Gasteiger partial charge is 0.478 e. The minimum atomic E-state index is -1.04. The number of nitrogens with one attached hydrogen (secondary N) is 1. The average molecular weight is 294 g/mol. The van der Waals surface area contributed by atoms with Crippen LogP contribution in [0.2, 0.25) is 5.02 Å². The third-order valence-corrected chi connectivity index (χ3v) is 3.53. The minimum absolute atomic E-state index is 0.152. The Bertz CT molecular complexity index is 550. The smallest absolute Gasteiger partial charge is 0.328 e. The van der Waals surface area contributed by atoms with Crippen LogP contribution in [0, 0.1) is 5.92 Å². The zero-order chi connectivity index (χ0) is 14.5. The number of aliphatic carboxylic acids is 1. The fourth-order valence-electron chi connectivity index (χ4n) is 1.86. The summed E-state index contributed by atoms with van der Waals surface area (Å²) in [6.07, 6.45) is 5.98. The second-order valence-corrected chi connectivity index (χ2v) is 5.30. The number of amides is 1. The van der Waals surface area contributed by atoms with Gasteiger partial charge in [-0.3, -0.25) is 4.79 Å². The van der Waals surface area contributed by atoms with Crippen molar-refractivity contribution >= 4 is 29.6 Å². The van der Waals surface area contributed by atoms with Crippen molar-refractivity contribution in [2.24, 2.45) is 5.92 Å². The molecule has 1 aliphatic rings. The van der Waals surface area contributed by atoms with Crippen LogP contribution in [0.5, 0.6) is 0 Å². The van der Waals surface area contributed by atoms with Gasteiger partial charge in [-0.1, -0.05) is 30.5 Å². The molecule has 1 aromatic rings. The lowest BCUT2D eigenvalue weighted by Crippen LogP contribution is -2.24. The van der Waals surface area contributed by atoms with Crippen LogP contribution in [0.4, 0.5) is 0 Å². The highest BCUT2D eigenvalue weighted by atomic mass is 35.5. The van der Waals surface area contributed by atoms with Gasteiger partial charge in [-0.25, -0.2) is 4.79 Å². The van der Waals surface area contributed by atoms with E-state index in [1.165, 1.54) is 18.9 Å². The number of rotatable bonds is 6. The van der Waals surface area contributed by atoms with Crippen LogP contribution in [0.25, 0.3) is 6.08 Å². The van der Waals surface area contributed by atoms with E-state index in [0.717, 1.165) is 18.4 Å². The lowest BCUT2D eigenvalue weighted by molar-refractivity contribution is -0.131. The van der Waals surface area contributed by atoms with E-state index < -0.39 is 5.97 Å². The SMILES string of the molecule is O=C(O)/C=C/c1ccc(C(=O)NCCC2CC2)cc1Cl. The summed E-state index contributed by atoms with van der Waals surface area (Å²) in [6, 6.07) is 4.83. The maximum absolute atomic E-state index is 11.9. The molecule has 0 aromatic heterocycles. The van der Waals surface area contributed by atoms with Gasteiger partial charge in [0.05, 0.1) is 0 Å². The number of halogens is 1. The molecule has 1 amide bonds. The van der Waals surface area contributed by atoms with E-state index in [4.69, 9.17) is 16.7 Å². The van der Waals surface area contributed by atoms with Crippen LogP contribution in [0.15, 0.2) is 24.3 Å². The van der Waals surface area contributed by atoms with Gasteiger partial charge in [-0.2, -0.15) is 0 Å². The molecule has 0 saturated heterocycles. The van der Waals surface area contributed by atoms with Gasteiger partial charge in [-0.15, -0.1) is 0 Å². The highest BCUT2D eigenvalue weighted by Crippen LogP contribution is 2.31. The third-order valence-electron chi connectivity index (χ3n) is 3.20. The molecule has 0 bridgehead atoms. The molecule has 0 unspecified atom stereocenters. The predicted octanol–water partition coefficient (Wildman–Crippen LogP) is 2.97. The van der Waals surface area contributed by atoms with Gasteiger partial charge in [0.25, 0.3) is 5.91 Å². The highest BCUT2D eigenvalue weighted by Gasteiger charge is 2.20. The molecule has 5 heteroatoms. The first-order chi connectivity index (χ1) is 9.56. The summed E-state index contributed by atoms with van der Waals surface area (Å²) in [7, 11) is 0. The number of carboxylic acids is 1. The van der Waals surface area contributed by atoms with Crippen LogP contribution in [0.1, 0.15) is 35.2 Å². The Morgan fingerprint density at radius 1 is 1.40 bits per heavy atom. The standard InChI is InChI=1S/C15H16ClNO3/c16-13-9-12(4-3-11(13)5-6-14(18)19)15(20)17-8-7-10-1-2-10/h3-6,9-10H,1-2,7-8H2,(H,17,20)(H,18,19)/b6-5+. The Morgan fingerprint density at radius 2 is 2.15 bits per heavy atom. The molecule has 0 spiro atoms. The Balaban J connectivity index is 1.96. The molecular formula is C15H16ClNO3. The van der Waals surface area contributed by atoms with Crippen LogP contribution in [-0.2, 0) is 4.79 Å². The lowest BCUT2D eigenvalue weighted by atomic mass is 10.1. The summed E-state index contributed by atoms with van der Waals surface area (Å²) in [4.78, 5) is 22.3. The predicted molar refractivity (Wildman–Crippen MR) is 77.8 cm³/mol. The number of benzene rings is 1. The molecule has 4 nitrogen and oxygen atoms in total. The second kappa shape index (κ2) is 6.57.